The van der Waals surface area contributed by atoms with Crippen LogP contribution in [0, 0.1) is 11.6 Å². The number of rotatable bonds is 3. The molecule has 2 aromatic carbocycles. The van der Waals surface area contributed by atoms with Gasteiger partial charge in [-0.3, -0.25) is 0 Å². The van der Waals surface area contributed by atoms with Crippen molar-refractivity contribution < 1.29 is 13.6 Å². The summed E-state index contributed by atoms with van der Waals surface area (Å²) >= 11 is 5.86. The molecule has 1 fully saturated rings. The average Bonchev–Trinajstić information content (AvgIpc) is 3.24. The van der Waals surface area contributed by atoms with E-state index >= 15 is 0 Å². The molecule has 3 rings (SSSR count). The Labute approximate surface area is 131 Å². The van der Waals surface area contributed by atoms with Crippen molar-refractivity contribution in [3.05, 3.63) is 64.7 Å². The van der Waals surface area contributed by atoms with Gasteiger partial charge in [0.15, 0.2) is 11.6 Å². The number of halogens is 3. The average molecular weight is 323 g/mol. The highest BCUT2D eigenvalue weighted by atomic mass is 35.5. The molecule has 22 heavy (non-hydrogen) atoms. The first-order valence-electron chi connectivity index (χ1n) is 6.79. The highest BCUT2D eigenvalue weighted by Crippen LogP contribution is 2.45. The van der Waals surface area contributed by atoms with Crippen molar-refractivity contribution in [3.8, 4) is 0 Å². The van der Waals surface area contributed by atoms with Gasteiger partial charge in [0.1, 0.15) is 0 Å². The topological polar surface area (TPSA) is 41.1 Å². The standard InChI is InChI=1S/C16H13ClF2N2O/c17-11-3-1-10(2-4-11)16(7-8-16)21-15(22)20-12-5-6-13(18)14(19)9-12/h1-6,9H,7-8H2,(H2,20,21,22). The van der Waals surface area contributed by atoms with Gasteiger partial charge in [-0.15, -0.1) is 0 Å². The summed E-state index contributed by atoms with van der Waals surface area (Å²) in [7, 11) is 0. The predicted octanol–water partition coefficient (Wildman–Crippen LogP) is 4.43. The Kier molecular flexibility index (Phi) is 3.74. The first-order chi connectivity index (χ1) is 10.5. The molecule has 0 atom stereocenters. The molecule has 2 aromatic rings. The van der Waals surface area contributed by atoms with Crippen LogP contribution in [0.2, 0.25) is 5.02 Å². The third kappa shape index (κ3) is 3.04. The van der Waals surface area contributed by atoms with E-state index in [9.17, 15) is 13.6 Å². The van der Waals surface area contributed by atoms with Gasteiger partial charge in [-0.2, -0.15) is 0 Å². The quantitative estimate of drug-likeness (QED) is 0.862. The second-order valence-electron chi connectivity index (χ2n) is 5.30. The largest absolute Gasteiger partial charge is 0.328 e. The van der Waals surface area contributed by atoms with Crippen LogP contribution in [0.15, 0.2) is 42.5 Å². The number of nitrogens with one attached hydrogen (secondary N) is 2. The van der Waals surface area contributed by atoms with E-state index in [1.807, 2.05) is 12.1 Å². The Hall–Kier alpha value is -2.14. The third-order valence-electron chi connectivity index (χ3n) is 3.68. The molecule has 6 heteroatoms. The van der Waals surface area contributed by atoms with Crippen molar-refractivity contribution in [1.82, 2.24) is 5.32 Å². The van der Waals surface area contributed by atoms with Crippen LogP contribution in [0.4, 0.5) is 19.3 Å². The van der Waals surface area contributed by atoms with Crippen LogP contribution >= 0.6 is 11.6 Å². The summed E-state index contributed by atoms with van der Waals surface area (Å²) < 4.78 is 26.0. The second kappa shape index (κ2) is 5.57. The zero-order valence-electron chi connectivity index (χ0n) is 11.5. The molecule has 1 saturated carbocycles. The first kappa shape index (κ1) is 14.8. The number of urea groups is 1. The van der Waals surface area contributed by atoms with Gasteiger partial charge in [0.25, 0.3) is 0 Å². The predicted molar refractivity (Wildman–Crippen MR) is 80.9 cm³/mol. The fourth-order valence-corrected chi connectivity index (χ4v) is 2.46. The minimum atomic E-state index is -1.00. The van der Waals surface area contributed by atoms with Gasteiger partial charge >= 0.3 is 6.03 Å². The van der Waals surface area contributed by atoms with E-state index in [0.29, 0.717) is 5.02 Å². The van der Waals surface area contributed by atoms with E-state index in [1.165, 1.54) is 6.07 Å². The monoisotopic (exact) mass is 322 g/mol. The summed E-state index contributed by atoms with van der Waals surface area (Å²) in [5, 5.41) is 6.01. The molecule has 0 heterocycles. The molecule has 2 amide bonds. The summed E-state index contributed by atoms with van der Waals surface area (Å²) in [6.45, 7) is 0. The molecule has 0 radical (unpaired) electrons. The number of amides is 2. The summed E-state index contributed by atoms with van der Waals surface area (Å²) in [4.78, 5) is 12.0. The maximum Gasteiger partial charge on any atom is 0.319 e. The molecule has 0 spiro atoms. The fourth-order valence-electron chi connectivity index (χ4n) is 2.33. The van der Waals surface area contributed by atoms with Gasteiger partial charge in [-0.05, 0) is 42.7 Å². The smallest absolute Gasteiger partial charge is 0.319 e. The van der Waals surface area contributed by atoms with Gasteiger partial charge in [-0.1, -0.05) is 23.7 Å². The molecule has 1 aliphatic carbocycles. The molecule has 0 unspecified atom stereocenters. The van der Waals surface area contributed by atoms with Gasteiger partial charge in [0.2, 0.25) is 0 Å². The maximum atomic E-state index is 13.1. The van der Waals surface area contributed by atoms with E-state index in [-0.39, 0.29) is 5.69 Å². The highest BCUT2D eigenvalue weighted by Gasteiger charge is 2.45. The summed E-state index contributed by atoms with van der Waals surface area (Å²) in [5.74, 6) is -1.96. The van der Waals surface area contributed by atoms with Gasteiger partial charge in [-0.25, -0.2) is 13.6 Å². The SMILES string of the molecule is O=C(Nc1ccc(F)c(F)c1)NC1(c2ccc(Cl)cc2)CC1. The molecule has 0 aliphatic heterocycles. The van der Waals surface area contributed by atoms with Crippen molar-refractivity contribution in [2.45, 2.75) is 18.4 Å². The molecule has 0 bridgehead atoms. The molecule has 0 aromatic heterocycles. The lowest BCUT2D eigenvalue weighted by Gasteiger charge is -2.18. The van der Waals surface area contributed by atoms with Crippen molar-refractivity contribution in [2.75, 3.05) is 5.32 Å². The van der Waals surface area contributed by atoms with Gasteiger partial charge < -0.3 is 10.6 Å². The van der Waals surface area contributed by atoms with Crippen LogP contribution in [0.5, 0.6) is 0 Å². The van der Waals surface area contributed by atoms with E-state index in [0.717, 1.165) is 30.5 Å². The van der Waals surface area contributed by atoms with Crippen molar-refractivity contribution >= 4 is 23.3 Å². The molecular formula is C16H13ClF2N2O. The molecule has 2 N–H and O–H groups in total. The normalized spacial score (nSPS) is 15.2. The highest BCUT2D eigenvalue weighted by molar-refractivity contribution is 6.30. The second-order valence-corrected chi connectivity index (χ2v) is 5.73. The zero-order chi connectivity index (χ0) is 15.7. The Morgan fingerprint density at radius 2 is 1.73 bits per heavy atom. The van der Waals surface area contributed by atoms with Crippen LogP contribution in [0.25, 0.3) is 0 Å². The number of benzene rings is 2. The van der Waals surface area contributed by atoms with E-state index in [1.54, 1.807) is 12.1 Å². The Morgan fingerprint density at radius 3 is 2.32 bits per heavy atom. The number of carbonyl (C=O) groups excluding carboxylic acids is 1. The Balaban J connectivity index is 1.68. The number of hydrogen-bond acceptors (Lipinski definition) is 1. The Bertz CT molecular complexity index is 715. The summed E-state index contributed by atoms with van der Waals surface area (Å²) in [6, 6.07) is 10.0. The van der Waals surface area contributed by atoms with E-state index < -0.39 is 23.2 Å². The molecule has 114 valence electrons. The lowest BCUT2D eigenvalue weighted by molar-refractivity contribution is 0.247. The zero-order valence-corrected chi connectivity index (χ0v) is 12.3. The first-order valence-corrected chi connectivity index (χ1v) is 7.17. The van der Waals surface area contributed by atoms with Crippen molar-refractivity contribution in [3.63, 3.8) is 0 Å². The van der Waals surface area contributed by atoms with Crippen molar-refractivity contribution in [1.29, 1.82) is 0 Å². The molecule has 0 saturated heterocycles. The Morgan fingerprint density at radius 1 is 1.05 bits per heavy atom. The van der Waals surface area contributed by atoms with Crippen LogP contribution in [0.3, 0.4) is 0 Å². The number of anilines is 1. The summed E-state index contributed by atoms with van der Waals surface area (Å²) in [5.41, 5.74) is 0.758. The van der Waals surface area contributed by atoms with Crippen LogP contribution < -0.4 is 10.6 Å². The number of hydrogen-bond donors (Lipinski definition) is 2. The lowest BCUT2D eigenvalue weighted by atomic mass is 10.1. The lowest BCUT2D eigenvalue weighted by Crippen LogP contribution is -2.38. The fraction of sp³-hybridized carbons (Fsp3) is 0.188. The molecule has 3 nitrogen and oxygen atoms in total. The summed E-state index contributed by atoms with van der Waals surface area (Å²) in [6.07, 6.45) is 1.64. The number of carbonyl (C=O) groups is 1. The van der Waals surface area contributed by atoms with Crippen LogP contribution in [-0.4, -0.2) is 6.03 Å². The maximum absolute atomic E-state index is 13.1. The molecular weight excluding hydrogens is 310 g/mol. The minimum absolute atomic E-state index is 0.198. The van der Waals surface area contributed by atoms with Crippen LogP contribution in [0.1, 0.15) is 18.4 Å². The van der Waals surface area contributed by atoms with Crippen LogP contribution in [-0.2, 0) is 5.54 Å². The van der Waals surface area contributed by atoms with Crippen molar-refractivity contribution in [2.24, 2.45) is 0 Å². The third-order valence-corrected chi connectivity index (χ3v) is 3.93. The van der Waals surface area contributed by atoms with E-state index in [2.05, 4.69) is 10.6 Å². The van der Waals surface area contributed by atoms with Gasteiger partial charge in [0.05, 0.1) is 5.54 Å². The van der Waals surface area contributed by atoms with Gasteiger partial charge in [0, 0.05) is 16.8 Å². The molecule has 1 aliphatic rings. The van der Waals surface area contributed by atoms with E-state index in [4.69, 9.17) is 11.6 Å². The minimum Gasteiger partial charge on any atom is -0.328 e.